The van der Waals surface area contributed by atoms with Gasteiger partial charge in [0.05, 0.1) is 10.8 Å². The standard InChI is InChI=1S/C14H18O2S/c15-14-9-5-4-6-12(14)10-11-17(16)13-7-2-1-3-8-13/h1-3,7-8,12H,4-6,9-11H2/i11D. The molecule has 1 saturated carbocycles. The molecule has 1 aromatic carbocycles. The summed E-state index contributed by atoms with van der Waals surface area (Å²) in [4.78, 5) is 12.4. The highest BCUT2D eigenvalue weighted by atomic mass is 32.2. The monoisotopic (exact) mass is 251 g/mol. The third-order valence-electron chi connectivity index (χ3n) is 3.19. The van der Waals surface area contributed by atoms with E-state index < -0.39 is 16.5 Å². The van der Waals surface area contributed by atoms with E-state index >= 15 is 0 Å². The first-order valence-corrected chi connectivity index (χ1v) is 7.30. The summed E-state index contributed by atoms with van der Waals surface area (Å²) in [5.74, 6) is 0.206. The topological polar surface area (TPSA) is 34.1 Å². The summed E-state index contributed by atoms with van der Waals surface area (Å²) in [6.07, 6.45) is 3.96. The van der Waals surface area contributed by atoms with Gasteiger partial charge in [0.25, 0.3) is 0 Å². The van der Waals surface area contributed by atoms with E-state index in [2.05, 4.69) is 0 Å². The molecule has 2 nitrogen and oxygen atoms in total. The first kappa shape index (κ1) is 11.1. The van der Waals surface area contributed by atoms with Crippen molar-refractivity contribution in [3.8, 4) is 0 Å². The van der Waals surface area contributed by atoms with Gasteiger partial charge in [-0.05, 0) is 31.4 Å². The highest BCUT2D eigenvalue weighted by molar-refractivity contribution is 7.85. The first-order valence-electron chi connectivity index (χ1n) is 6.67. The maximum Gasteiger partial charge on any atom is 0.136 e. The molecule has 1 aliphatic rings. The largest absolute Gasteiger partial charge is 0.299 e. The van der Waals surface area contributed by atoms with Gasteiger partial charge in [-0.25, -0.2) is 0 Å². The van der Waals surface area contributed by atoms with Crippen LogP contribution in [0, 0.1) is 5.92 Å². The molecule has 0 spiro atoms. The fraction of sp³-hybridized carbons (Fsp3) is 0.500. The van der Waals surface area contributed by atoms with Crippen LogP contribution < -0.4 is 0 Å². The van der Waals surface area contributed by atoms with Crippen LogP contribution in [-0.2, 0) is 15.6 Å². The molecule has 0 saturated heterocycles. The third kappa shape index (κ3) is 3.50. The van der Waals surface area contributed by atoms with Gasteiger partial charge >= 0.3 is 0 Å². The van der Waals surface area contributed by atoms with Gasteiger partial charge in [0.1, 0.15) is 5.78 Å². The van der Waals surface area contributed by atoms with Gasteiger partial charge in [0, 0.05) is 24.3 Å². The van der Waals surface area contributed by atoms with Gasteiger partial charge in [0.2, 0.25) is 0 Å². The number of Topliss-reactive ketones (excluding diaryl/α,β-unsaturated/α-hetero) is 1. The molecule has 1 aromatic rings. The number of hydrogen-bond acceptors (Lipinski definition) is 2. The lowest BCUT2D eigenvalue weighted by atomic mass is 9.86. The fourth-order valence-corrected chi connectivity index (χ4v) is 3.18. The quantitative estimate of drug-likeness (QED) is 0.824. The van der Waals surface area contributed by atoms with Crippen LogP contribution in [0.3, 0.4) is 0 Å². The average Bonchev–Trinajstić information content (AvgIpc) is 2.41. The first-order chi connectivity index (χ1) is 8.68. The van der Waals surface area contributed by atoms with Crippen molar-refractivity contribution in [2.75, 3.05) is 5.73 Å². The Labute approximate surface area is 106 Å². The fourth-order valence-electron chi connectivity index (χ4n) is 2.16. The zero-order valence-electron chi connectivity index (χ0n) is 10.8. The maximum absolute atomic E-state index is 12.1. The van der Waals surface area contributed by atoms with Crippen LogP contribution in [-0.4, -0.2) is 15.7 Å². The number of carbonyl (C=O) groups is 1. The molecule has 17 heavy (non-hydrogen) atoms. The Kier molecular flexibility index (Phi) is 4.00. The summed E-state index contributed by atoms with van der Waals surface area (Å²) in [6.45, 7) is 0. The lowest BCUT2D eigenvalue weighted by molar-refractivity contribution is -0.124. The molecule has 2 rings (SSSR count). The highest BCUT2D eigenvalue weighted by Crippen LogP contribution is 2.24. The molecule has 3 atom stereocenters. The third-order valence-corrected chi connectivity index (χ3v) is 4.42. The second-order valence-electron chi connectivity index (χ2n) is 4.42. The van der Waals surface area contributed by atoms with E-state index in [1.54, 1.807) is 12.1 Å². The van der Waals surface area contributed by atoms with Crippen LogP contribution in [0.1, 0.15) is 33.5 Å². The summed E-state index contributed by atoms with van der Waals surface area (Å²) in [5.41, 5.74) is -0.695. The van der Waals surface area contributed by atoms with E-state index in [-0.39, 0.29) is 11.7 Å². The molecule has 92 valence electrons. The smallest absolute Gasteiger partial charge is 0.136 e. The Balaban J connectivity index is 1.97. The van der Waals surface area contributed by atoms with Crippen molar-refractivity contribution in [3.05, 3.63) is 30.3 Å². The number of rotatable bonds is 4. The molecule has 0 N–H and O–H groups in total. The molecule has 1 fully saturated rings. The number of benzene rings is 1. The second-order valence-corrected chi connectivity index (χ2v) is 5.82. The van der Waals surface area contributed by atoms with Crippen molar-refractivity contribution < 1.29 is 10.4 Å². The van der Waals surface area contributed by atoms with Crippen LogP contribution in [0.15, 0.2) is 35.2 Å². The van der Waals surface area contributed by atoms with Crippen molar-refractivity contribution in [3.63, 3.8) is 0 Å². The minimum Gasteiger partial charge on any atom is -0.299 e. The minimum absolute atomic E-state index is 0.0473. The summed E-state index contributed by atoms with van der Waals surface area (Å²) in [7, 11) is -1.33. The number of carbonyl (C=O) groups excluding carboxylic acids is 1. The molecular weight excluding hydrogens is 232 g/mol. The second kappa shape index (κ2) is 6.10. The molecule has 3 unspecified atom stereocenters. The molecule has 0 aliphatic heterocycles. The lowest BCUT2D eigenvalue weighted by Gasteiger charge is -2.19. The van der Waals surface area contributed by atoms with Gasteiger partial charge in [0.15, 0.2) is 0 Å². The van der Waals surface area contributed by atoms with Gasteiger partial charge < -0.3 is 0 Å². The summed E-state index contributed by atoms with van der Waals surface area (Å²) < 4.78 is 20.1. The average molecular weight is 251 g/mol. The van der Waals surface area contributed by atoms with E-state index in [9.17, 15) is 9.00 Å². The molecule has 0 aromatic heterocycles. The number of ketones is 1. The van der Waals surface area contributed by atoms with Gasteiger partial charge in [-0.15, -0.1) is 0 Å². The highest BCUT2D eigenvalue weighted by Gasteiger charge is 2.22. The van der Waals surface area contributed by atoms with Crippen molar-refractivity contribution in [2.24, 2.45) is 5.92 Å². The van der Waals surface area contributed by atoms with E-state index in [0.29, 0.717) is 17.7 Å². The Bertz CT molecular complexity index is 433. The van der Waals surface area contributed by atoms with E-state index in [0.717, 1.165) is 19.3 Å². The lowest BCUT2D eigenvalue weighted by Crippen LogP contribution is -2.20. The summed E-state index contributed by atoms with van der Waals surface area (Å²) in [5, 5.41) is 0. The molecule has 0 radical (unpaired) electrons. The molecule has 0 bridgehead atoms. The molecule has 0 amide bonds. The van der Waals surface area contributed by atoms with Crippen LogP contribution in [0.2, 0.25) is 0 Å². The zero-order valence-corrected chi connectivity index (χ0v) is 10.6. The van der Waals surface area contributed by atoms with Gasteiger partial charge in [-0.2, -0.15) is 0 Å². The van der Waals surface area contributed by atoms with Crippen LogP contribution >= 0.6 is 0 Å². The normalized spacial score (nSPS) is 25.1. The van der Waals surface area contributed by atoms with Gasteiger partial charge in [-0.1, -0.05) is 24.6 Å². The number of hydrogen-bond donors (Lipinski definition) is 0. The van der Waals surface area contributed by atoms with Crippen molar-refractivity contribution in [1.82, 2.24) is 0 Å². The SMILES string of the molecule is [2H]C(CC1CCCCC1=O)S(=O)c1ccccc1. The predicted octanol–water partition coefficient (Wildman–Crippen LogP) is 2.94. The van der Waals surface area contributed by atoms with E-state index in [1.807, 2.05) is 18.2 Å². The molecule has 3 heteroatoms. The Morgan fingerprint density at radius 1 is 1.29 bits per heavy atom. The minimum atomic E-state index is -1.33. The zero-order chi connectivity index (χ0) is 13.0. The molecular formula is C14H18O2S. The van der Waals surface area contributed by atoms with Crippen molar-refractivity contribution >= 4 is 16.6 Å². The van der Waals surface area contributed by atoms with E-state index in [4.69, 9.17) is 1.37 Å². The maximum atomic E-state index is 12.1. The Hall–Kier alpha value is -0.960. The van der Waals surface area contributed by atoms with Crippen molar-refractivity contribution in [1.29, 1.82) is 0 Å². The summed E-state index contributed by atoms with van der Waals surface area (Å²) in [6, 6.07) is 9.07. The van der Waals surface area contributed by atoms with Crippen LogP contribution in [0.25, 0.3) is 0 Å². The Morgan fingerprint density at radius 2 is 2.06 bits per heavy atom. The van der Waals surface area contributed by atoms with Crippen LogP contribution in [0.4, 0.5) is 0 Å². The van der Waals surface area contributed by atoms with Gasteiger partial charge in [-0.3, -0.25) is 9.00 Å². The Morgan fingerprint density at radius 3 is 2.76 bits per heavy atom. The molecule has 0 heterocycles. The predicted molar refractivity (Wildman–Crippen MR) is 69.3 cm³/mol. The van der Waals surface area contributed by atoms with Crippen LogP contribution in [0.5, 0.6) is 0 Å². The van der Waals surface area contributed by atoms with Crippen molar-refractivity contribution in [2.45, 2.75) is 37.0 Å². The van der Waals surface area contributed by atoms with E-state index in [1.165, 1.54) is 0 Å². The molecule has 1 aliphatic carbocycles. The summed E-state index contributed by atoms with van der Waals surface area (Å²) >= 11 is 0.